The molecular formula is C26H32FN9O2. The second kappa shape index (κ2) is 11.7. The van der Waals surface area contributed by atoms with Crippen LogP contribution < -0.4 is 21.5 Å². The highest BCUT2D eigenvalue weighted by Crippen LogP contribution is 2.26. The third-order valence-electron chi connectivity index (χ3n) is 6.74. The van der Waals surface area contributed by atoms with Crippen LogP contribution in [0.2, 0.25) is 0 Å². The Balaban J connectivity index is 1.17. The van der Waals surface area contributed by atoms with Gasteiger partial charge in [-0.25, -0.2) is 14.4 Å². The van der Waals surface area contributed by atoms with Crippen molar-refractivity contribution in [3.05, 3.63) is 60.6 Å². The quantitative estimate of drug-likeness (QED) is 0.246. The molecule has 4 aromatic rings. The normalized spacial score (nSPS) is 15.6. The van der Waals surface area contributed by atoms with Gasteiger partial charge in [0, 0.05) is 74.2 Å². The first kappa shape index (κ1) is 25.8. The van der Waals surface area contributed by atoms with Gasteiger partial charge in [0.2, 0.25) is 0 Å². The lowest BCUT2D eigenvalue weighted by molar-refractivity contribution is 0.0902. The number of benzene rings is 1. The van der Waals surface area contributed by atoms with E-state index in [0.29, 0.717) is 25.4 Å². The summed E-state index contributed by atoms with van der Waals surface area (Å²) in [5.41, 5.74) is 14.3. The third kappa shape index (κ3) is 5.82. The first-order valence-corrected chi connectivity index (χ1v) is 12.7. The van der Waals surface area contributed by atoms with Crippen LogP contribution in [0, 0.1) is 5.82 Å². The Hall–Kier alpha value is -3.87. The van der Waals surface area contributed by atoms with E-state index in [0.717, 1.165) is 54.8 Å². The summed E-state index contributed by atoms with van der Waals surface area (Å²) in [6, 6.07) is 6.03. The number of hydrogen-bond acceptors (Lipinski definition) is 8. The molecule has 11 nitrogen and oxygen atoms in total. The Bertz CT molecular complexity index is 1380. The third-order valence-corrected chi connectivity index (χ3v) is 6.74. The number of hydrogen-bond donors (Lipinski definition) is 4. The Morgan fingerprint density at radius 3 is 2.87 bits per heavy atom. The summed E-state index contributed by atoms with van der Waals surface area (Å²) in [7, 11) is 0. The average molecular weight is 522 g/mol. The van der Waals surface area contributed by atoms with Gasteiger partial charge in [-0.05, 0) is 31.0 Å². The summed E-state index contributed by atoms with van der Waals surface area (Å²) in [5.74, 6) is -0.533. The standard InChI is InChI=1S/C26H32FN9O2/c27-19-9-17(26(37)31-6-4-28)10-22(11-19)38-21-2-7-35(8-3-21)15-20(12-29)36-14-18(13-34-36)24-23-1-5-30-25(23)33-16-32-24/h1,5,9-11,13-14,16,20-21H,2-4,6-8,12,15,28-29H2,(H,31,37)(H,30,32,33). The summed E-state index contributed by atoms with van der Waals surface area (Å²) < 4.78 is 22.1. The number of piperidine rings is 1. The number of ether oxygens (including phenoxy) is 1. The number of nitrogens with zero attached hydrogens (tertiary/aromatic N) is 5. The molecule has 0 aliphatic carbocycles. The second-order valence-corrected chi connectivity index (χ2v) is 9.40. The number of rotatable bonds is 10. The number of fused-ring (bicyclic) bond motifs is 1. The monoisotopic (exact) mass is 521 g/mol. The molecule has 12 heteroatoms. The van der Waals surface area contributed by atoms with Gasteiger partial charge < -0.3 is 31.4 Å². The number of carbonyl (C=O) groups excluding carboxylic acids is 1. The van der Waals surface area contributed by atoms with Crippen LogP contribution in [0.1, 0.15) is 29.2 Å². The molecule has 4 heterocycles. The van der Waals surface area contributed by atoms with Gasteiger partial charge in [-0.15, -0.1) is 0 Å². The number of likely N-dealkylation sites (tertiary alicyclic amines) is 1. The molecule has 5 rings (SSSR count). The summed E-state index contributed by atoms with van der Waals surface area (Å²) in [4.78, 5) is 26.3. The van der Waals surface area contributed by atoms with Crippen molar-refractivity contribution in [1.82, 2.24) is 34.9 Å². The van der Waals surface area contributed by atoms with E-state index in [-0.39, 0.29) is 23.6 Å². The smallest absolute Gasteiger partial charge is 0.251 e. The zero-order valence-electron chi connectivity index (χ0n) is 21.0. The van der Waals surface area contributed by atoms with E-state index in [1.807, 2.05) is 23.1 Å². The minimum Gasteiger partial charge on any atom is -0.490 e. The zero-order chi connectivity index (χ0) is 26.5. The van der Waals surface area contributed by atoms with Gasteiger partial charge in [0.1, 0.15) is 29.6 Å². The van der Waals surface area contributed by atoms with Crippen molar-refractivity contribution >= 4 is 16.9 Å². The number of halogens is 1. The molecule has 0 spiro atoms. The zero-order valence-corrected chi connectivity index (χ0v) is 21.0. The molecule has 3 aromatic heterocycles. The van der Waals surface area contributed by atoms with Crippen LogP contribution in [-0.2, 0) is 0 Å². The number of carbonyl (C=O) groups is 1. The van der Waals surface area contributed by atoms with Crippen molar-refractivity contribution in [2.75, 3.05) is 39.3 Å². The molecule has 1 aliphatic rings. The van der Waals surface area contributed by atoms with Crippen molar-refractivity contribution in [3.63, 3.8) is 0 Å². The highest BCUT2D eigenvalue weighted by atomic mass is 19.1. The summed E-state index contributed by atoms with van der Waals surface area (Å²) in [6.45, 7) is 3.45. The average Bonchev–Trinajstić information content (AvgIpc) is 3.61. The van der Waals surface area contributed by atoms with E-state index in [4.69, 9.17) is 16.2 Å². The van der Waals surface area contributed by atoms with Crippen molar-refractivity contribution in [2.24, 2.45) is 11.5 Å². The molecule has 1 saturated heterocycles. The molecule has 6 N–H and O–H groups in total. The molecule has 1 atom stereocenters. The molecule has 38 heavy (non-hydrogen) atoms. The Kier molecular flexibility index (Phi) is 7.91. The minimum absolute atomic E-state index is 0.00239. The lowest BCUT2D eigenvalue weighted by Gasteiger charge is -2.34. The van der Waals surface area contributed by atoms with E-state index in [1.165, 1.54) is 12.1 Å². The lowest BCUT2D eigenvalue weighted by Crippen LogP contribution is -2.42. The fraction of sp³-hybridized carbons (Fsp3) is 0.385. The lowest BCUT2D eigenvalue weighted by atomic mass is 10.1. The number of aromatic nitrogens is 5. The molecule has 0 bridgehead atoms. The molecule has 0 radical (unpaired) electrons. The molecule has 1 unspecified atom stereocenters. The molecule has 1 fully saturated rings. The molecule has 1 amide bonds. The van der Waals surface area contributed by atoms with E-state index >= 15 is 0 Å². The van der Waals surface area contributed by atoms with Crippen LogP contribution in [0.15, 0.2) is 49.2 Å². The predicted molar refractivity (Wildman–Crippen MR) is 141 cm³/mol. The van der Waals surface area contributed by atoms with Gasteiger partial charge in [-0.3, -0.25) is 9.48 Å². The predicted octanol–water partition coefficient (Wildman–Crippen LogP) is 1.69. The number of amides is 1. The summed E-state index contributed by atoms with van der Waals surface area (Å²) in [5, 5.41) is 8.17. The van der Waals surface area contributed by atoms with E-state index in [1.54, 1.807) is 18.6 Å². The highest BCUT2D eigenvalue weighted by molar-refractivity contribution is 5.94. The SMILES string of the molecule is NCCNC(=O)c1cc(F)cc(OC2CCN(CC(CN)n3cc(-c4ncnc5[nH]ccc45)cn3)CC2)c1. The number of aromatic amines is 1. The van der Waals surface area contributed by atoms with Crippen LogP contribution in [0.25, 0.3) is 22.3 Å². The number of H-pyrrole nitrogens is 1. The fourth-order valence-corrected chi connectivity index (χ4v) is 4.78. The largest absolute Gasteiger partial charge is 0.490 e. The molecular weight excluding hydrogens is 489 g/mol. The van der Waals surface area contributed by atoms with Crippen LogP contribution in [0.5, 0.6) is 5.75 Å². The maximum absolute atomic E-state index is 14.1. The van der Waals surface area contributed by atoms with Gasteiger partial charge in [-0.2, -0.15) is 5.10 Å². The van der Waals surface area contributed by atoms with E-state index in [2.05, 4.69) is 30.3 Å². The van der Waals surface area contributed by atoms with Crippen molar-refractivity contribution < 1.29 is 13.9 Å². The molecule has 1 aromatic carbocycles. The highest BCUT2D eigenvalue weighted by Gasteiger charge is 2.24. The molecule has 200 valence electrons. The maximum Gasteiger partial charge on any atom is 0.251 e. The number of nitrogens with two attached hydrogens (primary N) is 2. The van der Waals surface area contributed by atoms with Crippen LogP contribution >= 0.6 is 0 Å². The minimum atomic E-state index is -0.513. The topological polar surface area (TPSA) is 153 Å². The van der Waals surface area contributed by atoms with Gasteiger partial charge in [0.25, 0.3) is 5.91 Å². The Morgan fingerprint density at radius 2 is 2.08 bits per heavy atom. The van der Waals surface area contributed by atoms with Crippen molar-refractivity contribution in [1.29, 1.82) is 0 Å². The van der Waals surface area contributed by atoms with Gasteiger partial charge >= 0.3 is 0 Å². The Labute approximate surface area is 219 Å². The summed E-state index contributed by atoms with van der Waals surface area (Å²) >= 11 is 0. The molecule has 1 aliphatic heterocycles. The van der Waals surface area contributed by atoms with E-state index < -0.39 is 5.82 Å². The first-order valence-electron chi connectivity index (χ1n) is 12.7. The summed E-state index contributed by atoms with van der Waals surface area (Å²) in [6.07, 6.45) is 8.66. The second-order valence-electron chi connectivity index (χ2n) is 9.40. The first-order chi connectivity index (χ1) is 18.5. The van der Waals surface area contributed by atoms with E-state index in [9.17, 15) is 9.18 Å². The number of nitrogens with one attached hydrogen (secondary N) is 2. The van der Waals surface area contributed by atoms with Crippen molar-refractivity contribution in [3.8, 4) is 17.0 Å². The fourth-order valence-electron chi connectivity index (χ4n) is 4.78. The van der Waals surface area contributed by atoms with Gasteiger partial charge in [0.05, 0.1) is 17.9 Å². The van der Waals surface area contributed by atoms with Crippen molar-refractivity contribution in [2.45, 2.75) is 25.0 Å². The molecule has 0 saturated carbocycles. The van der Waals surface area contributed by atoms with Crippen LogP contribution in [0.4, 0.5) is 4.39 Å². The van der Waals surface area contributed by atoms with Gasteiger partial charge in [-0.1, -0.05) is 0 Å². The van der Waals surface area contributed by atoms with Crippen LogP contribution in [0.3, 0.4) is 0 Å². The van der Waals surface area contributed by atoms with Gasteiger partial charge in [0.15, 0.2) is 0 Å². The Morgan fingerprint density at radius 1 is 1.24 bits per heavy atom. The van der Waals surface area contributed by atoms with Crippen LogP contribution in [-0.4, -0.2) is 80.9 Å². The maximum atomic E-state index is 14.1.